The number of nitrogens with one attached hydrogen (secondary N) is 2. The van der Waals surface area contributed by atoms with Gasteiger partial charge in [-0.1, -0.05) is 37.3 Å². The highest BCUT2D eigenvalue weighted by Gasteiger charge is 2.17. The molecule has 1 atom stereocenters. The van der Waals surface area contributed by atoms with E-state index in [2.05, 4.69) is 15.8 Å². The molecule has 2 N–H and O–H groups in total. The van der Waals surface area contributed by atoms with Gasteiger partial charge < -0.3 is 4.74 Å². The monoisotopic (exact) mass is 369 g/mol. The molecular formula is C19H19N3O3S. The summed E-state index contributed by atoms with van der Waals surface area (Å²) in [6.45, 7) is 3.59. The second kappa shape index (κ2) is 7.97. The fraction of sp³-hybridized carbons (Fsp3) is 0.211. The molecule has 3 aromatic rings. The Balaban J connectivity index is 1.55. The molecule has 2 amide bonds. The number of benzene rings is 2. The van der Waals surface area contributed by atoms with Gasteiger partial charge in [0.15, 0.2) is 6.10 Å². The molecule has 134 valence electrons. The van der Waals surface area contributed by atoms with Gasteiger partial charge in [-0.25, -0.2) is 4.98 Å². The van der Waals surface area contributed by atoms with E-state index in [1.807, 2.05) is 49.4 Å². The molecule has 0 radical (unpaired) electrons. The van der Waals surface area contributed by atoms with Gasteiger partial charge in [0.25, 0.3) is 11.8 Å². The minimum Gasteiger partial charge on any atom is -0.481 e. The van der Waals surface area contributed by atoms with Crippen molar-refractivity contribution >= 4 is 33.9 Å². The van der Waals surface area contributed by atoms with Crippen LogP contribution in [0.3, 0.4) is 0 Å². The van der Waals surface area contributed by atoms with Crippen LogP contribution in [-0.2, 0) is 11.2 Å². The summed E-state index contributed by atoms with van der Waals surface area (Å²) >= 11 is 1.30. The van der Waals surface area contributed by atoms with Crippen molar-refractivity contribution in [2.24, 2.45) is 0 Å². The Hall–Kier alpha value is -2.93. The van der Waals surface area contributed by atoms with E-state index >= 15 is 0 Å². The first-order valence-electron chi connectivity index (χ1n) is 8.27. The molecule has 0 aliphatic heterocycles. The van der Waals surface area contributed by atoms with Crippen LogP contribution in [0.4, 0.5) is 0 Å². The lowest BCUT2D eigenvalue weighted by molar-refractivity contribution is -0.128. The van der Waals surface area contributed by atoms with Gasteiger partial charge in [0.2, 0.25) is 0 Å². The normalized spacial score (nSPS) is 11.8. The van der Waals surface area contributed by atoms with Gasteiger partial charge in [0.1, 0.15) is 10.6 Å². The zero-order valence-electron chi connectivity index (χ0n) is 14.5. The maximum Gasteiger partial charge on any atom is 0.281 e. The summed E-state index contributed by atoms with van der Waals surface area (Å²) in [4.78, 5) is 28.7. The number of fused-ring (bicyclic) bond motifs is 1. The summed E-state index contributed by atoms with van der Waals surface area (Å²) in [5.41, 5.74) is 4.77. The van der Waals surface area contributed by atoms with Crippen LogP contribution in [0.1, 0.15) is 28.5 Å². The summed E-state index contributed by atoms with van der Waals surface area (Å²) in [6.07, 6.45) is 1.50. The van der Waals surface area contributed by atoms with Gasteiger partial charge in [0.05, 0.1) is 11.2 Å². The molecule has 3 rings (SSSR count). The van der Waals surface area contributed by atoms with E-state index in [9.17, 15) is 9.59 Å². The minimum absolute atomic E-state index is 0.395. The maximum absolute atomic E-state index is 12.1. The number of carbonyl (C=O) groups is 2. The molecule has 7 heteroatoms. The molecule has 0 saturated heterocycles. The topological polar surface area (TPSA) is 80.3 Å². The summed E-state index contributed by atoms with van der Waals surface area (Å²) in [5.74, 6) is -0.243. The minimum atomic E-state index is -0.760. The number of hydrazine groups is 1. The molecule has 0 aliphatic carbocycles. The molecule has 0 fully saturated rings. The summed E-state index contributed by atoms with van der Waals surface area (Å²) in [7, 11) is 0. The zero-order valence-corrected chi connectivity index (χ0v) is 15.3. The van der Waals surface area contributed by atoms with Crippen LogP contribution in [0, 0.1) is 0 Å². The van der Waals surface area contributed by atoms with Crippen LogP contribution >= 0.6 is 11.3 Å². The zero-order chi connectivity index (χ0) is 18.5. The van der Waals surface area contributed by atoms with E-state index in [1.54, 1.807) is 6.92 Å². The van der Waals surface area contributed by atoms with Crippen LogP contribution in [0.2, 0.25) is 0 Å². The smallest absolute Gasteiger partial charge is 0.281 e. The fourth-order valence-corrected chi connectivity index (χ4v) is 3.11. The second-order valence-electron chi connectivity index (χ2n) is 5.68. The second-order valence-corrected chi connectivity index (χ2v) is 6.80. The number of carbonyl (C=O) groups excluding carboxylic acids is 2. The van der Waals surface area contributed by atoms with Crippen LogP contribution in [0.5, 0.6) is 5.75 Å². The number of rotatable bonds is 5. The Kier molecular flexibility index (Phi) is 5.48. The first-order valence-corrected chi connectivity index (χ1v) is 9.09. The van der Waals surface area contributed by atoms with E-state index in [1.165, 1.54) is 17.5 Å². The predicted molar refractivity (Wildman–Crippen MR) is 101 cm³/mol. The van der Waals surface area contributed by atoms with Crippen LogP contribution in [-0.4, -0.2) is 22.9 Å². The summed E-state index contributed by atoms with van der Waals surface area (Å²) in [6, 6.07) is 13.5. The van der Waals surface area contributed by atoms with Crippen molar-refractivity contribution in [3.05, 3.63) is 58.5 Å². The highest BCUT2D eigenvalue weighted by molar-refractivity contribution is 7.13. The van der Waals surface area contributed by atoms with Gasteiger partial charge in [-0.2, -0.15) is 0 Å². The molecule has 26 heavy (non-hydrogen) atoms. The number of aryl methyl sites for hydroxylation is 1. The molecule has 1 heterocycles. The van der Waals surface area contributed by atoms with Crippen LogP contribution in [0.15, 0.2) is 48.7 Å². The van der Waals surface area contributed by atoms with Gasteiger partial charge in [-0.05, 0) is 36.2 Å². The van der Waals surface area contributed by atoms with Crippen molar-refractivity contribution in [1.29, 1.82) is 0 Å². The molecule has 0 spiro atoms. The summed E-state index contributed by atoms with van der Waals surface area (Å²) in [5, 5.41) is 3.00. The fourth-order valence-electron chi connectivity index (χ4n) is 2.36. The average Bonchev–Trinajstić information content (AvgIpc) is 3.15. The van der Waals surface area contributed by atoms with Crippen molar-refractivity contribution in [3.8, 4) is 5.75 Å². The molecule has 1 unspecified atom stereocenters. The van der Waals surface area contributed by atoms with Crippen LogP contribution in [0.25, 0.3) is 10.8 Å². The highest BCUT2D eigenvalue weighted by atomic mass is 32.1. The van der Waals surface area contributed by atoms with Gasteiger partial charge in [0, 0.05) is 0 Å². The van der Waals surface area contributed by atoms with Gasteiger partial charge in [-0.3, -0.25) is 20.4 Å². The standard InChI is InChI=1S/C19H19N3O3S/c1-3-17-20-11-16(26-17)19(24)22-21-18(23)12(2)25-15-9-8-13-6-4-5-7-14(13)10-15/h4-12H,3H2,1-2H3,(H,21,23)(H,22,24). The predicted octanol–water partition coefficient (Wildman–Crippen LogP) is 3.09. The average molecular weight is 369 g/mol. The number of thiazole rings is 1. The SMILES string of the molecule is CCc1ncc(C(=O)NNC(=O)C(C)Oc2ccc3ccccc3c2)s1. The van der Waals surface area contributed by atoms with Crippen molar-refractivity contribution < 1.29 is 14.3 Å². The van der Waals surface area contributed by atoms with Gasteiger partial charge >= 0.3 is 0 Å². The first kappa shape index (κ1) is 17.9. The Labute approximate surface area is 155 Å². The summed E-state index contributed by atoms with van der Waals surface area (Å²) < 4.78 is 5.67. The molecule has 6 nitrogen and oxygen atoms in total. The lowest BCUT2D eigenvalue weighted by atomic mass is 10.1. The van der Waals surface area contributed by atoms with Gasteiger partial charge in [-0.15, -0.1) is 11.3 Å². The van der Waals surface area contributed by atoms with Crippen molar-refractivity contribution in [2.75, 3.05) is 0 Å². The molecule has 0 aliphatic rings. The molecule has 1 aromatic heterocycles. The third-order valence-corrected chi connectivity index (χ3v) is 4.92. The van der Waals surface area contributed by atoms with Crippen molar-refractivity contribution in [1.82, 2.24) is 15.8 Å². The molecular weight excluding hydrogens is 350 g/mol. The van der Waals surface area contributed by atoms with E-state index in [-0.39, 0.29) is 0 Å². The van der Waals surface area contributed by atoms with E-state index < -0.39 is 17.9 Å². The third-order valence-electron chi connectivity index (χ3n) is 3.78. The molecule has 0 bridgehead atoms. The van der Waals surface area contributed by atoms with E-state index in [0.29, 0.717) is 10.6 Å². The van der Waals surface area contributed by atoms with E-state index in [4.69, 9.17) is 4.74 Å². The Morgan fingerprint density at radius 1 is 1.15 bits per heavy atom. The Morgan fingerprint density at radius 3 is 2.65 bits per heavy atom. The lowest BCUT2D eigenvalue weighted by Gasteiger charge is -2.15. The lowest BCUT2D eigenvalue weighted by Crippen LogP contribution is -2.47. The maximum atomic E-state index is 12.1. The number of ether oxygens (including phenoxy) is 1. The number of hydrogen-bond donors (Lipinski definition) is 2. The molecule has 0 saturated carbocycles. The van der Waals surface area contributed by atoms with Crippen LogP contribution < -0.4 is 15.6 Å². The largest absolute Gasteiger partial charge is 0.481 e. The van der Waals surface area contributed by atoms with Crippen molar-refractivity contribution in [2.45, 2.75) is 26.4 Å². The highest BCUT2D eigenvalue weighted by Crippen LogP contribution is 2.21. The quantitative estimate of drug-likeness (QED) is 0.677. The number of aromatic nitrogens is 1. The Bertz CT molecular complexity index is 938. The number of nitrogens with zero attached hydrogens (tertiary/aromatic N) is 1. The molecule has 2 aromatic carbocycles. The van der Waals surface area contributed by atoms with E-state index in [0.717, 1.165) is 22.2 Å². The Morgan fingerprint density at radius 2 is 1.92 bits per heavy atom. The number of amides is 2. The number of hydrogen-bond acceptors (Lipinski definition) is 5. The van der Waals surface area contributed by atoms with Crippen molar-refractivity contribution in [3.63, 3.8) is 0 Å². The first-order chi connectivity index (χ1) is 12.6. The third kappa shape index (κ3) is 4.18.